The van der Waals surface area contributed by atoms with E-state index in [0.717, 1.165) is 11.6 Å². The lowest BCUT2D eigenvalue weighted by Crippen LogP contribution is -2.10. The van der Waals surface area contributed by atoms with Gasteiger partial charge in [-0.05, 0) is 36.8 Å². The molecule has 0 saturated heterocycles. The summed E-state index contributed by atoms with van der Waals surface area (Å²) in [5, 5.41) is 0. The van der Waals surface area contributed by atoms with Crippen molar-refractivity contribution in [1.29, 1.82) is 0 Å². The third-order valence-corrected chi connectivity index (χ3v) is 2.69. The third-order valence-electron chi connectivity index (χ3n) is 2.69. The zero-order valence-corrected chi connectivity index (χ0v) is 10.4. The van der Waals surface area contributed by atoms with Gasteiger partial charge in [0.25, 0.3) is 0 Å². The van der Waals surface area contributed by atoms with E-state index in [1.165, 1.54) is 12.1 Å². The molecule has 0 amide bonds. The number of aromatic nitrogens is 1. The van der Waals surface area contributed by atoms with Crippen LogP contribution in [0.5, 0.6) is 0 Å². The van der Waals surface area contributed by atoms with E-state index in [4.69, 9.17) is 10.5 Å². The number of pyridine rings is 1. The molecule has 1 aromatic heterocycles. The van der Waals surface area contributed by atoms with Crippen molar-refractivity contribution in [1.82, 2.24) is 4.98 Å². The first-order valence-corrected chi connectivity index (χ1v) is 5.70. The molecule has 0 atom stereocenters. The molecule has 0 bridgehead atoms. The maximum absolute atomic E-state index is 13.1. The molecule has 0 aliphatic heterocycles. The number of aryl methyl sites for hydroxylation is 1. The number of hydrogen-bond donors (Lipinski definition) is 1. The normalized spacial score (nSPS) is 10.2. The number of esters is 1. The molecule has 0 fully saturated rings. The Kier molecular flexibility index (Phi) is 3.75. The minimum Gasteiger partial charge on any atom is -0.456 e. The molecule has 0 spiro atoms. The van der Waals surface area contributed by atoms with Crippen LogP contribution < -0.4 is 5.73 Å². The van der Waals surface area contributed by atoms with Crippen molar-refractivity contribution in [3.63, 3.8) is 0 Å². The fourth-order valence-corrected chi connectivity index (χ4v) is 1.59. The summed E-state index contributed by atoms with van der Waals surface area (Å²) in [6.07, 6.45) is 1.62. The standard InChI is InChI=1S/C14H13FN2O2/c1-9-3-2-6-17-13(9)8-19-14(18)11-7-10(15)4-5-12(11)16/h2-7H,8,16H2,1H3. The van der Waals surface area contributed by atoms with Crippen LogP contribution in [-0.2, 0) is 11.3 Å². The third kappa shape index (κ3) is 3.07. The number of rotatable bonds is 3. The highest BCUT2D eigenvalue weighted by Gasteiger charge is 2.13. The Labute approximate surface area is 110 Å². The number of hydrogen-bond acceptors (Lipinski definition) is 4. The molecule has 5 heteroatoms. The van der Waals surface area contributed by atoms with E-state index in [-0.39, 0.29) is 17.9 Å². The van der Waals surface area contributed by atoms with Crippen LogP contribution in [0.2, 0.25) is 0 Å². The second-order valence-electron chi connectivity index (χ2n) is 4.07. The molecule has 2 N–H and O–H groups in total. The van der Waals surface area contributed by atoms with Gasteiger partial charge in [-0.1, -0.05) is 6.07 Å². The number of nitrogen functional groups attached to an aromatic ring is 1. The van der Waals surface area contributed by atoms with E-state index in [1.54, 1.807) is 12.3 Å². The zero-order valence-electron chi connectivity index (χ0n) is 10.4. The first-order valence-electron chi connectivity index (χ1n) is 5.70. The molecule has 1 aromatic carbocycles. The molecular formula is C14H13FN2O2. The molecule has 1 heterocycles. The summed E-state index contributed by atoms with van der Waals surface area (Å²) in [6, 6.07) is 7.24. The molecule has 0 unspecified atom stereocenters. The van der Waals surface area contributed by atoms with Gasteiger partial charge in [0.05, 0.1) is 11.3 Å². The highest BCUT2D eigenvalue weighted by atomic mass is 19.1. The van der Waals surface area contributed by atoms with Gasteiger partial charge in [0.2, 0.25) is 0 Å². The summed E-state index contributed by atoms with van der Waals surface area (Å²) in [4.78, 5) is 15.9. The average Bonchev–Trinajstić information content (AvgIpc) is 2.40. The number of benzene rings is 1. The van der Waals surface area contributed by atoms with E-state index in [9.17, 15) is 9.18 Å². The van der Waals surface area contributed by atoms with Gasteiger partial charge in [-0.25, -0.2) is 9.18 Å². The number of nitrogens with zero attached hydrogens (tertiary/aromatic N) is 1. The maximum Gasteiger partial charge on any atom is 0.340 e. The van der Waals surface area contributed by atoms with Gasteiger partial charge in [-0.3, -0.25) is 4.98 Å². The van der Waals surface area contributed by atoms with Crippen molar-refractivity contribution in [2.45, 2.75) is 13.5 Å². The Morgan fingerprint density at radius 2 is 2.21 bits per heavy atom. The quantitative estimate of drug-likeness (QED) is 0.680. The Bertz CT molecular complexity index is 614. The maximum atomic E-state index is 13.1. The predicted molar refractivity (Wildman–Crippen MR) is 68.9 cm³/mol. The van der Waals surface area contributed by atoms with E-state index in [0.29, 0.717) is 5.69 Å². The fraction of sp³-hybridized carbons (Fsp3) is 0.143. The van der Waals surface area contributed by atoms with Gasteiger partial charge in [-0.2, -0.15) is 0 Å². The largest absolute Gasteiger partial charge is 0.456 e. The van der Waals surface area contributed by atoms with Gasteiger partial charge >= 0.3 is 5.97 Å². The van der Waals surface area contributed by atoms with E-state index in [1.807, 2.05) is 13.0 Å². The van der Waals surface area contributed by atoms with Crippen LogP contribution in [0, 0.1) is 12.7 Å². The summed E-state index contributed by atoms with van der Waals surface area (Å²) in [5.41, 5.74) is 7.39. The van der Waals surface area contributed by atoms with E-state index < -0.39 is 11.8 Å². The van der Waals surface area contributed by atoms with Crippen molar-refractivity contribution in [3.05, 3.63) is 59.2 Å². The van der Waals surface area contributed by atoms with Crippen LogP contribution in [0.1, 0.15) is 21.6 Å². The topological polar surface area (TPSA) is 65.2 Å². The Hall–Kier alpha value is -2.43. The summed E-state index contributed by atoms with van der Waals surface area (Å²) in [7, 11) is 0. The number of carbonyl (C=O) groups excluding carboxylic acids is 1. The number of ether oxygens (including phenoxy) is 1. The van der Waals surface area contributed by atoms with E-state index in [2.05, 4.69) is 4.98 Å². The van der Waals surface area contributed by atoms with Crippen molar-refractivity contribution >= 4 is 11.7 Å². The van der Waals surface area contributed by atoms with Gasteiger partial charge < -0.3 is 10.5 Å². The highest BCUT2D eigenvalue weighted by Crippen LogP contribution is 2.15. The van der Waals surface area contributed by atoms with Crippen LogP contribution in [0.4, 0.5) is 10.1 Å². The highest BCUT2D eigenvalue weighted by molar-refractivity contribution is 5.95. The summed E-state index contributed by atoms with van der Waals surface area (Å²) in [5.74, 6) is -1.20. The zero-order chi connectivity index (χ0) is 13.8. The monoisotopic (exact) mass is 260 g/mol. The Morgan fingerprint density at radius 3 is 2.95 bits per heavy atom. The number of nitrogens with two attached hydrogens (primary N) is 1. The molecule has 0 saturated carbocycles. The van der Waals surface area contributed by atoms with Crippen molar-refractivity contribution in [3.8, 4) is 0 Å². The smallest absolute Gasteiger partial charge is 0.340 e. The average molecular weight is 260 g/mol. The molecule has 0 aliphatic rings. The summed E-state index contributed by atoms with van der Waals surface area (Å²) < 4.78 is 18.1. The first kappa shape index (κ1) is 13.0. The SMILES string of the molecule is Cc1cccnc1COC(=O)c1cc(F)ccc1N. The predicted octanol–water partition coefficient (Wildman–Crippen LogP) is 2.47. The van der Waals surface area contributed by atoms with Crippen molar-refractivity contribution in [2.24, 2.45) is 0 Å². The lowest BCUT2D eigenvalue weighted by atomic mass is 10.2. The molecular weight excluding hydrogens is 247 g/mol. The first-order chi connectivity index (χ1) is 9.08. The second-order valence-corrected chi connectivity index (χ2v) is 4.07. The molecule has 4 nitrogen and oxygen atoms in total. The number of anilines is 1. The van der Waals surface area contributed by atoms with Gasteiger partial charge in [0, 0.05) is 11.9 Å². The molecule has 0 radical (unpaired) electrons. The van der Waals surface area contributed by atoms with Gasteiger partial charge in [0.15, 0.2) is 0 Å². The lowest BCUT2D eigenvalue weighted by Gasteiger charge is -2.08. The van der Waals surface area contributed by atoms with Crippen LogP contribution in [-0.4, -0.2) is 11.0 Å². The van der Waals surface area contributed by atoms with Crippen molar-refractivity contribution < 1.29 is 13.9 Å². The Balaban J connectivity index is 2.10. The summed E-state index contributed by atoms with van der Waals surface area (Å²) in [6.45, 7) is 1.90. The summed E-state index contributed by atoms with van der Waals surface area (Å²) >= 11 is 0. The van der Waals surface area contributed by atoms with Crippen LogP contribution in [0.3, 0.4) is 0 Å². The molecule has 2 rings (SSSR count). The minimum absolute atomic E-state index is 0.0218. The second kappa shape index (κ2) is 5.48. The fourth-order valence-electron chi connectivity index (χ4n) is 1.59. The van der Waals surface area contributed by atoms with Gasteiger partial charge in [-0.15, -0.1) is 0 Å². The molecule has 0 aliphatic carbocycles. The molecule has 2 aromatic rings. The van der Waals surface area contributed by atoms with Crippen LogP contribution >= 0.6 is 0 Å². The minimum atomic E-state index is -0.665. The number of carbonyl (C=O) groups is 1. The number of halogens is 1. The van der Waals surface area contributed by atoms with Crippen molar-refractivity contribution in [2.75, 3.05) is 5.73 Å². The van der Waals surface area contributed by atoms with Gasteiger partial charge in [0.1, 0.15) is 12.4 Å². The molecule has 98 valence electrons. The Morgan fingerprint density at radius 1 is 1.42 bits per heavy atom. The van der Waals surface area contributed by atoms with Crippen LogP contribution in [0.15, 0.2) is 36.5 Å². The van der Waals surface area contributed by atoms with E-state index >= 15 is 0 Å². The lowest BCUT2D eigenvalue weighted by molar-refractivity contribution is 0.0468. The molecule has 19 heavy (non-hydrogen) atoms. The van der Waals surface area contributed by atoms with Crippen LogP contribution in [0.25, 0.3) is 0 Å².